The molecule has 1 aromatic rings. The molecule has 0 radical (unpaired) electrons. The fourth-order valence-corrected chi connectivity index (χ4v) is 9.93. The van der Waals surface area contributed by atoms with Gasteiger partial charge in [0.15, 0.2) is 0 Å². The quantitative estimate of drug-likeness (QED) is 0.298. The van der Waals surface area contributed by atoms with Gasteiger partial charge < -0.3 is 20.9 Å². The molecule has 5 nitrogen and oxygen atoms in total. The summed E-state index contributed by atoms with van der Waals surface area (Å²) in [5.74, 6) is 5.41. The molecule has 0 amide bonds. The first-order valence-electron chi connectivity index (χ1n) is 15.1. The van der Waals surface area contributed by atoms with Gasteiger partial charge in [-0.2, -0.15) is 0 Å². The number of rotatable bonds is 7. The van der Waals surface area contributed by atoms with Crippen molar-refractivity contribution < 1.29 is 14.3 Å². The molecule has 4 fully saturated rings. The van der Waals surface area contributed by atoms with Gasteiger partial charge in [-0.05, 0) is 136 Å². The van der Waals surface area contributed by atoms with Crippen LogP contribution in [0.5, 0.6) is 5.75 Å². The maximum atomic E-state index is 12.0. The third-order valence-electron chi connectivity index (χ3n) is 11.8. The number of carbonyl (C=O) groups excluding carboxylic acids is 1. The summed E-state index contributed by atoms with van der Waals surface area (Å²) in [6.07, 6.45) is 13.5. The average Bonchev–Trinajstić information content (AvgIpc) is 3.22. The van der Waals surface area contributed by atoms with Crippen LogP contribution in [0.1, 0.15) is 98.3 Å². The number of fused-ring (bicyclic) bond motifs is 5. The molecule has 5 rings (SSSR count). The van der Waals surface area contributed by atoms with Crippen LogP contribution in [-0.2, 0) is 9.53 Å². The molecule has 5 heteroatoms. The molecular formula is C32H50N2O3. The van der Waals surface area contributed by atoms with Crippen molar-refractivity contribution in [3.63, 3.8) is 0 Å². The fourth-order valence-electron chi connectivity index (χ4n) is 9.93. The molecule has 9 atom stereocenters. The standard InChI is InChI=1S/C32H50N2O3/c1-5-36-30(35)13-6-20(2)25-10-11-26-24-9-7-21-18-23(37-29-12-8-22(33)19-28(29)34)14-16-31(21,3)27(24)15-17-32(25,26)4/h8,12,19-21,23-27H,5-7,9-11,13-18,33-34H2,1-4H3/t20-,21?,23?,24+,25-,26+,27+,31+,32-/m1/s1. The zero-order valence-electron chi connectivity index (χ0n) is 23.6. The van der Waals surface area contributed by atoms with E-state index in [1.807, 2.05) is 19.1 Å². The number of nitrogens with two attached hydrogens (primary N) is 2. The number of carbonyl (C=O) groups is 1. The van der Waals surface area contributed by atoms with Gasteiger partial charge in [-0.3, -0.25) is 4.79 Å². The van der Waals surface area contributed by atoms with Gasteiger partial charge >= 0.3 is 5.97 Å². The van der Waals surface area contributed by atoms with E-state index in [0.29, 0.717) is 41.2 Å². The van der Waals surface area contributed by atoms with Crippen molar-refractivity contribution in [2.24, 2.45) is 46.3 Å². The number of hydrogen-bond acceptors (Lipinski definition) is 5. The Kier molecular flexibility index (Phi) is 7.46. The Morgan fingerprint density at radius 1 is 1.03 bits per heavy atom. The van der Waals surface area contributed by atoms with Crippen LogP contribution >= 0.6 is 0 Å². The molecule has 1 aromatic carbocycles. The number of benzene rings is 1. The molecule has 0 spiro atoms. The minimum Gasteiger partial charge on any atom is -0.488 e. The van der Waals surface area contributed by atoms with Crippen molar-refractivity contribution in [2.45, 2.75) is 104 Å². The van der Waals surface area contributed by atoms with Crippen LogP contribution in [0.15, 0.2) is 18.2 Å². The van der Waals surface area contributed by atoms with Gasteiger partial charge in [0.1, 0.15) is 5.75 Å². The van der Waals surface area contributed by atoms with Gasteiger partial charge in [-0.1, -0.05) is 20.8 Å². The third-order valence-corrected chi connectivity index (χ3v) is 11.8. The molecule has 0 aromatic heterocycles. The van der Waals surface area contributed by atoms with Gasteiger partial charge in [0.05, 0.1) is 18.4 Å². The number of nitrogen functional groups attached to an aromatic ring is 2. The minimum absolute atomic E-state index is 0.0253. The van der Waals surface area contributed by atoms with Crippen LogP contribution in [0.25, 0.3) is 0 Å². The largest absolute Gasteiger partial charge is 0.488 e. The lowest BCUT2D eigenvalue weighted by Crippen LogP contribution is -2.54. The van der Waals surface area contributed by atoms with Crippen molar-refractivity contribution >= 4 is 17.3 Å². The SMILES string of the molecule is CCOC(=O)CC[C@@H](C)[C@H]1CC[C@H]2[C@@H]3CCC4CC(Oc5ccc(N)cc5N)CC[C@]4(C)[C@H]3CC[C@]12C. The van der Waals surface area contributed by atoms with E-state index in [2.05, 4.69) is 20.8 Å². The second-order valence-electron chi connectivity index (χ2n) is 13.5. The molecule has 0 heterocycles. The summed E-state index contributed by atoms with van der Waals surface area (Å²) in [6, 6.07) is 5.62. The second kappa shape index (κ2) is 10.3. The Morgan fingerprint density at radius 2 is 1.78 bits per heavy atom. The van der Waals surface area contributed by atoms with E-state index < -0.39 is 0 Å². The molecule has 37 heavy (non-hydrogen) atoms. The lowest BCUT2D eigenvalue weighted by Gasteiger charge is -2.61. The normalized spacial score (nSPS) is 39.7. The summed E-state index contributed by atoms with van der Waals surface area (Å²) in [6.45, 7) is 10.0. The third kappa shape index (κ3) is 4.85. The van der Waals surface area contributed by atoms with Crippen LogP contribution in [0.4, 0.5) is 11.4 Å². The molecule has 4 saturated carbocycles. The van der Waals surface area contributed by atoms with Crippen LogP contribution in [0.3, 0.4) is 0 Å². The number of hydrogen-bond donors (Lipinski definition) is 2. The average molecular weight is 511 g/mol. The summed E-state index contributed by atoms with van der Waals surface area (Å²) in [4.78, 5) is 12.0. The van der Waals surface area contributed by atoms with Crippen LogP contribution in [-0.4, -0.2) is 18.7 Å². The first-order chi connectivity index (χ1) is 17.7. The van der Waals surface area contributed by atoms with Crippen LogP contribution in [0, 0.1) is 46.3 Å². The van der Waals surface area contributed by atoms with Crippen LogP contribution in [0.2, 0.25) is 0 Å². The highest BCUT2D eigenvalue weighted by Crippen LogP contribution is 2.68. The monoisotopic (exact) mass is 510 g/mol. The Bertz CT molecular complexity index is 981. The molecule has 206 valence electrons. The van der Waals surface area contributed by atoms with Gasteiger partial charge in [0.25, 0.3) is 0 Å². The lowest BCUT2D eigenvalue weighted by atomic mass is 9.44. The zero-order valence-corrected chi connectivity index (χ0v) is 23.6. The van der Waals surface area contributed by atoms with E-state index >= 15 is 0 Å². The Balaban J connectivity index is 1.23. The van der Waals surface area contributed by atoms with Crippen molar-refractivity contribution in [2.75, 3.05) is 18.1 Å². The Hall–Kier alpha value is -1.91. The van der Waals surface area contributed by atoms with Crippen molar-refractivity contribution in [1.82, 2.24) is 0 Å². The molecule has 0 aliphatic heterocycles. The molecule has 0 bridgehead atoms. The molecule has 2 unspecified atom stereocenters. The maximum Gasteiger partial charge on any atom is 0.305 e. The van der Waals surface area contributed by atoms with Gasteiger partial charge in [0, 0.05) is 12.1 Å². The second-order valence-corrected chi connectivity index (χ2v) is 13.5. The first kappa shape index (κ1) is 26.7. The van der Waals surface area contributed by atoms with E-state index in [1.165, 1.54) is 44.9 Å². The molecular weight excluding hydrogens is 460 g/mol. The van der Waals surface area contributed by atoms with Gasteiger partial charge in [-0.25, -0.2) is 0 Å². The number of anilines is 2. The maximum absolute atomic E-state index is 12.0. The summed E-state index contributed by atoms with van der Waals surface area (Å²) >= 11 is 0. The highest BCUT2D eigenvalue weighted by Gasteiger charge is 2.60. The molecule has 0 saturated heterocycles. The first-order valence-corrected chi connectivity index (χ1v) is 15.1. The molecule has 4 N–H and O–H groups in total. The van der Waals surface area contributed by atoms with Crippen molar-refractivity contribution in [3.8, 4) is 5.75 Å². The summed E-state index contributed by atoms with van der Waals surface area (Å²) in [5.41, 5.74) is 14.3. The Morgan fingerprint density at radius 3 is 2.54 bits per heavy atom. The molecule has 4 aliphatic rings. The van der Waals surface area contributed by atoms with Crippen molar-refractivity contribution in [1.29, 1.82) is 0 Å². The minimum atomic E-state index is -0.0253. The van der Waals surface area contributed by atoms with E-state index in [1.54, 1.807) is 6.07 Å². The van der Waals surface area contributed by atoms with E-state index in [9.17, 15) is 4.79 Å². The lowest BCUT2D eigenvalue weighted by molar-refractivity contribution is -0.144. The smallest absolute Gasteiger partial charge is 0.305 e. The summed E-state index contributed by atoms with van der Waals surface area (Å²) in [5, 5.41) is 0. The fraction of sp³-hybridized carbons (Fsp3) is 0.781. The highest BCUT2D eigenvalue weighted by atomic mass is 16.5. The van der Waals surface area contributed by atoms with Crippen LogP contribution < -0.4 is 16.2 Å². The van der Waals surface area contributed by atoms with Gasteiger partial charge in [0.2, 0.25) is 0 Å². The number of esters is 1. The highest BCUT2D eigenvalue weighted by molar-refractivity contribution is 5.69. The van der Waals surface area contributed by atoms with Gasteiger partial charge in [-0.15, -0.1) is 0 Å². The summed E-state index contributed by atoms with van der Waals surface area (Å²) < 4.78 is 11.6. The van der Waals surface area contributed by atoms with Crippen molar-refractivity contribution in [3.05, 3.63) is 18.2 Å². The topological polar surface area (TPSA) is 87.6 Å². The predicted molar refractivity (Wildman–Crippen MR) is 150 cm³/mol. The van der Waals surface area contributed by atoms with E-state index in [0.717, 1.165) is 54.6 Å². The van der Waals surface area contributed by atoms with E-state index in [-0.39, 0.29) is 12.1 Å². The van der Waals surface area contributed by atoms with E-state index in [4.69, 9.17) is 20.9 Å². The molecule has 4 aliphatic carbocycles. The Labute approximate surface area is 224 Å². The zero-order chi connectivity index (χ0) is 26.4. The summed E-state index contributed by atoms with van der Waals surface area (Å²) in [7, 11) is 0. The predicted octanol–water partition coefficient (Wildman–Crippen LogP) is 7.24. The number of ether oxygens (including phenoxy) is 2.